The van der Waals surface area contributed by atoms with Crippen LogP contribution in [0.1, 0.15) is 5.82 Å². The molecule has 0 amide bonds. The van der Waals surface area contributed by atoms with E-state index < -0.39 is 0 Å². The Hall–Kier alpha value is -1.49. The number of rotatable bonds is 3. The van der Waals surface area contributed by atoms with Crippen LogP contribution in [-0.4, -0.2) is 41.0 Å². The molecule has 1 N–H and O–H groups in total. The van der Waals surface area contributed by atoms with Crippen molar-refractivity contribution in [2.45, 2.75) is 6.54 Å². The Balaban J connectivity index is 1.71. The van der Waals surface area contributed by atoms with Gasteiger partial charge in [-0.15, -0.1) is 0 Å². The van der Waals surface area contributed by atoms with Gasteiger partial charge in [0, 0.05) is 49.2 Å². The van der Waals surface area contributed by atoms with Crippen LogP contribution in [0.15, 0.2) is 36.7 Å². The number of halogens is 1. The zero-order valence-electron chi connectivity index (χ0n) is 11.2. The van der Waals surface area contributed by atoms with Crippen molar-refractivity contribution in [1.82, 2.24) is 20.2 Å². The Morgan fingerprint density at radius 3 is 2.55 bits per heavy atom. The van der Waals surface area contributed by atoms with Gasteiger partial charge in [0.05, 0.1) is 6.54 Å². The Morgan fingerprint density at radius 1 is 1.10 bits per heavy atom. The van der Waals surface area contributed by atoms with E-state index in [1.807, 2.05) is 36.7 Å². The molecule has 0 spiro atoms. The molecular weight excluding hydrogens is 272 g/mol. The molecule has 3 rings (SSSR count). The first-order valence-electron chi connectivity index (χ1n) is 6.81. The second-order valence-electron chi connectivity index (χ2n) is 4.92. The second kappa shape index (κ2) is 6.31. The summed E-state index contributed by atoms with van der Waals surface area (Å²) >= 11 is 6.00. The molecule has 1 saturated heterocycles. The van der Waals surface area contributed by atoms with Gasteiger partial charge in [0.15, 0.2) is 0 Å². The largest absolute Gasteiger partial charge is 0.314 e. The molecule has 2 aromatic rings. The van der Waals surface area contributed by atoms with Gasteiger partial charge in [0.2, 0.25) is 0 Å². The van der Waals surface area contributed by atoms with E-state index in [9.17, 15) is 0 Å². The molecule has 1 aliphatic rings. The lowest BCUT2D eigenvalue weighted by Crippen LogP contribution is -2.43. The maximum atomic E-state index is 6.00. The molecule has 4 nitrogen and oxygen atoms in total. The quantitative estimate of drug-likeness (QED) is 0.940. The van der Waals surface area contributed by atoms with E-state index in [1.54, 1.807) is 0 Å². The predicted molar refractivity (Wildman–Crippen MR) is 80.6 cm³/mol. The maximum absolute atomic E-state index is 6.00. The predicted octanol–water partition coefficient (Wildman–Crippen LogP) is 2.20. The van der Waals surface area contributed by atoms with Crippen LogP contribution < -0.4 is 5.32 Å². The van der Waals surface area contributed by atoms with Crippen molar-refractivity contribution >= 4 is 11.6 Å². The van der Waals surface area contributed by atoms with Crippen molar-refractivity contribution in [1.29, 1.82) is 0 Å². The molecular formula is C15H17ClN4. The lowest BCUT2D eigenvalue weighted by Gasteiger charge is -2.26. The van der Waals surface area contributed by atoms with Crippen LogP contribution in [-0.2, 0) is 6.54 Å². The number of nitrogens with one attached hydrogen (secondary N) is 1. The molecule has 20 heavy (non-hydrogen) atoms. The molecule has 1 fully saturated rings. The lowest BCUT2D eigenvalue weighted by atomic mass is 10.1. The summed E-state index contributed by atoms with van der Waals surface area (Å²) in [5.41, 5.74) is 2.04. The Bertz CT molecular complexity index is 564. The van der Waals surface area contributed by atoms with Crippen LogP contribution in [0.4, 0.5) is 0 Å². The molecule has 2 heterocycles. The molecule has 0 radical (unpaired) electrons. The summed E-state index contributed by atoms with van der Waals surface area (Å²) in [6.45, 7) is 5.01. The van der Waals surface area contributed by atoms with Crippen molar-refractivity contribution in [3.8, 4) is 11.1 Å². The van der Waals surface area contributed by atoms with E-state index >= 15 is 0 Å². The van der Waals surface area contributed by atoms with Gasteiger partial charge in [0.1, 0.15) is 5.82 Å². The second-order valence-corrected chi connectivity index (χ2v) is 5.36. The third-order valence-corrected chi connectivity index (χ3v) is 3.67. The number of hydrogen-bond donors (Lipinski definition) is 1. The van der Waals surface area contributed by atoms with Gasteiger partial charge >= 0.3 is 0 Å². The summed E-state index contributed by atoms with van der Waals surface area (Å²) < 4.78 is 0. The molecule has 1 aliphatic heterocycles. The molecule has 0 bridgehead atoms. The molecule has 0 aliphatic carbocycles. The Morgan fingerprint density at radius 2 is 1.85 bits per heavy atom. The zero-order chi connectivity index (χ0) is 13.8. The van der Waals surface area contributed by atoms with Gasteiger partial charge in [-0.25, -0.2) is 9.97 Å². The first kappa shape index (κ1) is 13.5. The monoisotopic (exact) mass is 288 g/mol. The minimum Gasteiger partial charge on any atom is -0.314 e. The Labute approximate surface area is 123 Å². The molecule has 1 aromatic carbocycles. The summed E-state index contributed by atoms with van der Waals surface area (Å²) in [7, 11) is 0. The van der Waals surface area contributed by atoms with Gasteiger partial charge in [-0.1, -0.05) is 23.7 Å². The van der Waals surface area contributed by atoms with E-state index in [1.165, 1.54) is 0 Å². The number of benzene rings is 1. The lowest BCUT2D eigenvalue weighted by molar-refractivity contribution is 0.228. The first-order chi connectivity index (χ1) is 9.81. The molecule has 0 atom stereocenters. The number of nitrogens with zero attached hydrogens (tertiary/aromatic N) is 3. The van der Waals surface area contributed by atoms with E-state index in [0.717, 1.165) is 54.7 Å². The Kier molecular flexibility index (Phi) is 4.25. The minimum absolute atomic E-state index is 0.729. The van der Waals surface area contributed by atoms with Gasteiger partial charge in [-0.2, -0.15) is 0 Å². The molecule has 5 heteroatoms. The highest BCUT2D eigenvalue weighted by Crippen LogP contribution is 2.21. The highest BCUT2D eigenvalue weighted by molar-refractivity contribution is 6.30. The van der Waals surface area contributed by atoms with Crippen molar-refractivity contribution in [3.63, 3.8) is 0 Å². The summed E-state index contributed by atoms with van der Waals surface area (Å²) in [5.74, 6) is 0.873. The molecule has 0 saturated carbocycles. The van der Waals surface area contributed by atoms with Crippen molar-refractivity contribution in [3.05, 3.63) is 47.5 Å². The molecule has 104 valence electrons. The average molecular weight is 289 g/mol. The van der Waals surface area contributed by atoms with Crippen LogP contribution >= 0.6 is 11.6 Å². The van der Waals surface area contributed by atoms with Gasteiger partial charge in [-0.05, 0) is 17.7 Å². The van der Waals surface area contributed by atoms with E-state index in [2.05, 4.69) is 20.2 Å². The first-order valence-corrected chi connectivity index (χ1v) is 7.19. The fraction of sp³-hybridized carbons (Fsp3) is 0.333. The van der Waals surface area contributed by atoms with Crippen molar-refractivity contribution in [2.75, 3.05) is 26.2 Å². The summed E-state index contributed by atoms with van der Waals surface area (Å²) in [6.07, 6.45) is 3.74. The smallest absolute Gasteiger partial charge is 0.142 e. The fourth-order valence-electron chi connectivity index (χ4n) is 2.32. The standard InChI is InChI=1S/C15H17ClN4/c16-14-3-1-2-12(8-14)13-9-18-15(19-10-13)11-20-6-4-17-5-7-20/h1-3,8-10,17H,4-7,11H2. The number of hydrogen-bond acceptors (Lipinski definition) is 4. The third kappa shape index (κ3) is 3.33. The third-order valence-electron chi connectivity index (χ3n) is 3.44. The number of aromatic nitrogens is 2. The number of piperazine rings is 1. The summed E-state index contributed by atoms with van der Waals surface area (Å²) in [4.78, 5) is 11.3. The maximum Gasteiger partial charge on any atom is 0.142 e. The topological polar surface area (TPSA) is 41.1 Å². The van der Waals surface area contributed by atoms with Crippen molar-refractivity contribution < 1.29 is 0 Å². The average Bonchev–Trinajstić information content (AvgIpc) is 2.49. The summed E-state index contributed by atoms with van der Waals surface area (Å²) in [6, 6.07) is 7.74. The van der Waals surface area contributed by atoms with E-state index in [0.29, 0.717) is 0 Å². The SMILES string of the molecule is Clc1cccc(-c2cnc(CN3CCNCC3)nc2)c1. The highest BCUT2D eigenvalue weighted by atomic mass is 35.5. The van der Waals surface area contributed by atoms with Crippen molar-refractivity contribution in [2.24, 2.45) is 0 Å². The van der Waals surface area contributed by atoms with Crippen LogP contribution in [0.3, 0.4) is 0 Å². The van der Waals surface area contributed by atoms with Crippen LogP contribution in [0, 0.1) is 0 Å². The molecule has 0 unspecified atom stereocenters. The molecule has 1 aromatic heterocycles. The van der Waals surface area contributed by atoms with Gasteiger partial charge in [-0.3, -0.25) is 4.90 Å². The van der Waals surface area contributed by atoms with Gasteiger partial charge < -0.3 is 5.32 Å². The summed E-state index contributed by atoms with van der Waals surface area (Å²) in [5, 5.41) is 4.07. The van der Waals surface area contributed by atoms with E-state index in [4.69, 9.17) is 11.6 Å². The van der Waals surface area contributed by atoms with Crippen LogP contribution in [0.5, 0.6) is 0 Å². The van der Waals surface area contributed by atoms with Crippen LogP contribution in [0.25, 0.3) is 11.1 Å². The van der Waals surface area contributed by atoms with Crippen LogP contribution in [0.2, 0.25) is 5.02 Å². The zero-order valence-corrected chi connectivity index (χ0v) is 12.0. The highest BCUT2D eigenvalue weighted by Gasteiger charge is 2.11. The fourth-order valence-corrected chi connectivity index (χ4v) is 2.51. The van der Waals surface area contributed by atoms with Gasteiger partial charge in [0.25, 0.3) is 0 Å². The van der Waals surface area contributed by atoms with E-state index in [-0.39, 0.29) is 0 Å². The minimum atomic E-state index is 0.729. The normalized spacial score (nSPS) is 16.2.